The van der Waals surface area contributed by atoms with Crippen molar-refractivity contribution in [1.82, 2.24) is 19.7 Å². The smallest absolute Gasteiger partial charge is 0.191 e. The monoisotopic (exact) mass is 235 g/mol. The maximum absolute atomic E-state index is 4.43. The van der Waals surface area contributed by atoms with Crippen LogP contribution in [0.3, 0.4) is 0 Å². The van der Waals surface area contributed by atoms with Gasteiger partial charge < -0.3 is 9.88 Å². The van der Waals surface area contributed by atoms with Crippen LogP contribution in [0.25, 0.3) is 0 Å². The summed E-state index contributed by atoms with van der Waals surface area (Å²) in [5, 5.41) is 11.8. The van der Waals surface area contributed by atoms with Crippen molar-refractivity contribution >= 4 is 17.6 Å². The van der Waals surface area contributed by atoms with Crippen LogP contribution in [0.15, 0.2) is 29.7 Å². The van der Waals surface area contributed by atoms with Gasteiger partial charge in [0.05, 0.1) is 5.69 Å². The first kappa shape index (κ1) is 10.9. The molecule has 0 radical (unpaired) electrons. The number of aromatic nitrogens is 4. The molecule has 0 saturated heterocycles. The van der Waals surface area contributed by atoms with Gasteiger partial charge in [0.25, 0.3) is 0 Å². The zero-order valence-electron chi connectivity index (χ0n) is 9.21. The molecule has 0 aromatic carbocycles. The van der Waals surface area contributed by atoms with E-state index in [1.807, 2.05) is 36.9 Å². The molecule has 0 atom stereocenters. The standard InChI is InChI=1S/C10H13N5S/c1-11-9-5-3-4-8(13-9)6-16-10-14-12-7-15(10)2/h3-5,7H,6H2,1-2H3,(H,11,13). The highest BCUT2D eigenvalue weighted by atomic mass is 32.2. The number of nitrogens with zero attached hydrogens (tertiary/aromatic N) is 4. The topological polar surface area (TPSA) is 55.6 Å². The Hall–Kier alpha value is -1.56. The Kier molecular flexibility index (Phi) is 3.40. The third-order valence-electron chi connectivity index (χ3n) is 2.08. The van der Waals surface area contributed by atoms with Crippen LogP contribution in [0.1, 0.15) is 5.69 Å². The minimum absolute atomic E-state index is 0.794. The molecule has 84 valence electrons. The lowest BCUT2D eigenvalue weighted by Crippen LogP contribution is -1.96. The van der Waals surface area contributed by atoms with Gasteiger partial charge in [-0.2, -0.15) is 0 Å². The summed E-state index contributed by atoms with van der Waals surface area (Å²) in [5.74, 6) is 1.68. The number of rotatable bonds is 4. The van der Waals surface area contributed by atoms with Gasteiger partial charge in [-0.1, -0.05) is 17.8 Å². The lowest BCUT2D eigenvalue weighted by Gasteiger charge is -2.03. The minimum atomic E-state index is 0.794. The molecule has 0 saturated carbocycles. The van der Waals surface area contributed by atoms with E-state index in [1.165, 1.54) is 0 Å². The van der Waals surface area contributed by atoms with Gasteiger partial charge in [-0.25, -0.2) is 4.98 Å². The highest BCUT2D eigenvalue weighted by Crippen LogP contribution is 2.19. The van der Waals surface area contributed by atoms with Crippen molar-refractivity contribution in [1.29, 1.82) is 0 Å². The Labute approximate surface area is 98.3 Å². The first-order valence-corrected chi connectivity index (χ1v) is 5.88. The highest BCUT2D eigenvalue weighted by molar-refractivity contribution is 7.98. The van der Waals surface area contributed by atoms with Crippen molar-refractivity contribution < 1.29 is 0 Å². The molecular formula is C10H13N5S. The van der Waals surface area contributed by atoms with Gasteiger partial charge in [0.2, 0.25) is 0 Å². The maximum atomic E-state index is 4.43. The summed E-state index contributed by atoms with van der Waals surface area (Å²) in [6, 6.07) is 5.94. The van der Waals surface area contributed by atoms with E-state index >= 15 is 0 Å². The second-order valence-corrected chi connectivity index (χ2v) is 4.22. The van der Waals surface area contributed by atoms with E-state index in [-0.39, 0.29) is 0 Å². The first-order valence-electron chi connectivity index (χ1n) is 4.90. The van der Waals surface area contributed by atoms with Gasteiger partial charge >= 0.3 is 0 Å². The molecule has 2 aromatic rings. The number of nitrogens with one attached hydrogen (secondary N) is 1. The largest absolute Gasteiger partial charge is 0.373 e. The van der Waals surface area contributed by atoms with Gasteiger partial charge in [-0.3, -0.25) is 0 Å². The van der Waals surface area contributed by atoms with Crippen LogP contribution in [0.5, 0.6) is 0 Å². The molecule has 2 rings (SSSR count). The van der Waals surface area contributed by atoms with Gasteiger partial charge in [-0.05, 0) is 12.1 Å². The number of hydrogen-bond acceptors (Lipinski definition) is 5. The van der Waals surface area contributed by atoms with Crippen molar-refractivity contribution in [2.75, 3.05) is 12.4 Å². The Bertz CT molecular complexity index is 468. The van der Waals surface area contributed by atoms with Crippen LogP contribution in [0.2, 0.25) is 0 Å². The molecule has 0 aliphatic rings. The lowest BCUT2D eigenvalue weighted by molar-refractivity contribution is 0.788. The highest BCUT2D eigenvalue weighted by Gasteiger charge is 2.03. The van der Waals surface area contributed by atoms with Gasteiger partial charge in [-0.15, -0.1) is 10.2 Å². The zero-order valence-corrected chi connectivity index (χ0v) is 10.0. The van der Waals surface area contributed by atoms with Crippen LogP contribution in [-0.2, 0) is 12.8 Å². The molecule has 0 amide bonds. The fraction of sp³-hybridized carbons (Fsp3) is 0.300. The molecular weight excluding hydrogens is 222 g/mol. The number of thioether (sulfide) groups is 1. The first-order chi connectivity index (χ1) is 7.79. The van der Waals surface area contributed by atoms with Crippen molar-refractivity contribution in [3.63, 3.8) is 0 Å². The Balaban J connectivity index is 2.02. The van der Waals surface area contributed by atoms with Crippen molar-refractivity contribution in [3.8, 4) is 0 Å². The third kappa shape index (κ3) is 2.52. The van der Waals surface area contributed by atoms with E-state index in [0.29, 0.717) is 0 Å². The van der Waals surface area contributed by atoms with Crippen molar-refractivity contribution in [2.45, 2.75) is 10.9 Å². The second kappa shape index (κ2) is 4.98. The van der Waals surface area contributed by atoms with Crippen LogP contribution < -0.4 is 5.32 Å². The van der Waals surface area contributed by atoms with E-state index in [1.54, 1.807) is 18.1 Å². The molecule has 0 aliphatic carbocycles. The summed E-state index contributed by atoms with van der Waals surface area (Å²) in [6.45, 7) is 0. The van der Waals surface area contributed by atoms with Crippen LogP contribution in [0, 0.1) is 0 Å². The van der Waals surface area contributed by atoms with E-state index in [4.69, 9.17) is 0 Å². The number of aryl methyl sites for hydroxylation is 1. The quantitative estimate of drug-likeness (QED) is 0.815. The van der Waals surface area contributed by atoms with Gasteiger partial charge in [0.1, 0.15) is 12.1 Å². The number of pyridine rings is 1. The average Bonchev–Trinajstić information content (AvgIpc) is 2.72. The second-order valence-electron chi connectivity index (χ2n) is 3.28. The molecule has 5 nitrogen and oxygen atoms in total. The van der Waals surface area contributed by atoms with E-state index in [0.717, 1.165) is 22.4 Å². The molecule has 0 spiro atoms. The SMILES string of the molecule is CNc1cccc(CSc2nncn2C)n1. The molecule has 1 N–H and O–H groups in total. The molecule has 6 heteroatoms. The summed E-state index contributed by atoms with van der Waals surface area (Å²) in [5.41, 5.74) is 1.03. The molecule has 2 heterocycles. The number of hydrogen-bond donors (Lipinski definition) is 1. The normalized spacial score (nSPS) is 10.4. The molecule has 2 aromatic heterocycles. The summed E-state index contributed by atoms with van der Waals surface area (Å²) < 4.78 is 1.90. The van der Waals surface area contributed by atoms with Crippen LogP contribution >= 0.6 is 11.8 Å². The molecule has 0 unspecified atom stereocenters. The third-order valence-corrected chi connectivity index (χ3v) is 3.15. The summed E-state index contributed by atoms with van der Waals surface area (Å²) >= 11 is 1.63. The minimum Gasteiger partial charge on any atom is -0.373 e. The predicted octanol–water partition coefficient (Wildman–Crippen LogP) is 1.54. The molecule has 0 aliphatic heterocycles. The summed E-state index contributed by atoms with van der Waals surface area (Å²) in [4.78, 5) is 4.43. The average molecular weight is 235 g/mol. The molecule has 0 bridgehead atoms. The van der Waals surface area contributed by atoms with E-state index < -0.39 is 0 Å². The van der Waals surface area contributed by atoms with E-state index in [2.05, 4.69) is 20.5 Å². The molecule has 16 heavy (non-hydrogen) atoms. The fourth-order valence-electron chi connectivity index (χ4n) is 1.24. The van der Waals surface area contributed by atoms with Gasteiger partial charge in [0.15, 0.2) is 5.16 Å². The van der Waals surface area contributed by atoms with Crippen molar-refractivity contribution in [2.24, 2.45) is 7.05 Å². The molecule has 0 fully saturated rings. The Morgan fingerprint density at radius 2 is 2.31 bits per heavy atom. The lowest BCUT2D eigenvalue weighted by atomic mass is 10.4. The van der Waals surface area contributed by atoms with Crippen LogP contribution in [0.4, 0.5) is 5.82 Å². The Morgan fingerprint density at radius 3 is 3.00 bits per heavy atom. The van der Waals surface area contributed by atoms with Crippen LogP contribution in [-0.4, -0.2) is 26.8 Å². The summed E-state index contributed by atoms with van der Waals surface area (Å²) in [6.07, 6.45) is 1.69. The fourth-order valence-corrected chi connectivity index (χ4v) is 2.03. The van der Waals surface area contributed by atoms with Crippen molar-refractivity contribution in [3.05, 3.63) is 30.2 Å². The predicted molar refractivity (Wildman–Crippen MR) is 64.3 cm³/mol. The van der Waals surface area contributed by atoms with Gasteiger partial charge in [0, 0.05) is 19.8 Å². The Morgan fingerprint density at radius 1 is 1.44 bits per heavy atom. The zero-order chi connectivity index (χ0) is 11.4. The maximum Gasteiger partial charge on any atom is 0.191 e. The number of anilines is 1. The van der Waals surface area contributed by atoms with E-state index in [9.17, 15) is 0 Å². The summed E-state index contributed by atoms with van der Waals surface area (Å²) in [7, 11) is 3.79.